The fourth-order valence-corrected chi connectivity index (χ4v) is 4.22. The highest BCUT2D eigenvalue weighted by Gasteiger charge is 2.39. The largest absolute Gasteiger partial charge is 0.391 e. The number of aliphatic hydroxyl groups excluding tert-OH is 1. The van der Waals surface area contributed by atoms with Crippen molar-refractivity contribution in [2.24, 2.45) is 5.92 Å². The second-order valence-corrected chi connectivity index (χ2v) is 8.47. The number of carbonyl (C=O) groups excluding carboxylic acids is 1. The maximum absolute atomic E-state index is 12.7. The molecule has 0 aliphatic carbocycles. The molecule has 6 heteroatoms. The van der Waals surface area contributed by atoms with E-state index in [9.17, 15) is 9.90 Å². The number of fused-ring (bicyclic) bond motifs is 1. The molecule has 1 N–H and O–H groups in total. The van der Waals surface area contributed by atoms with Gasteiger partial charge in [-0.25, -0.2) is 4.98 Å². The summed E-state index contributed by atoms with van der Waals surface area (Å²) in [5.74, 6) is 0.387. The number of thiazole rings is 1. The second kappa shape index (κ2) is 6.41. The average Bonchev–Trinajstić information content (AvgIpc) is 3.08. The molecule has 1 saturated heterocycles. The van der Waals surface area contributed by atoms with Crippen molar-refractivity contribution >= 4 is 50.1 Å². The van der Waals surface area contributed by atoms with Crippen LogP contribution in [0.25, 0.3) is 10.2 Å². The van der Waals surface area contributed by atoms with E-state index in [1.807, 2.05) is 43.0 Å². The number of hydrogen-bond donors (Lipinski definition) is 1. The van der Waals surface area contributed by atoms with E-state index in [1.165, 1.54) is 0 Å². The number of para-hydroxylation sites is 1. The minimum atomic E-state index is -0.461. The van der Waals surface area contributed by atoms with Gasteiger partial charge in [0, 0.05) is 13.0 Å². The number of nitrogens with zero attached hydrogens (tertiary/aromatic N) is 2. The molecule has 2 aromatic rings. The first kappa shape index (κ1) is 16.1. The van der Waals surface area contributed by atoms with Crippen LogP contribution in [0.1, 0.15) is 31.3 Å². The lowest BCUT2D eigenvalue weighted by Crippen LogP contribution is -2.39. The molecule has 3 atom stereocenters. The predicted molar refractivity (Wildman–Crippen MR) is 97.3 cm³/mol. The van der Waals surface area contributed by atoms with E-state index in [-0.39, 0.29) is 21.8 Å². The molecule has 1 amide bonds. The molecule has 1 aromatic heterocycles. The molecule has 118 valence electrons. The highest BCUT2D eigenvalue weighted by molar-refractivity contribution is 14.1. The van der Waals surface area contributed by atoms with E-state index in [2.05, 4.69) is 27.6 Å². The minimum absolute atomic E-state index is 0.0696. The minimum Gasteiger partial charge on any atom is -0.391 e. The molecule has 0 radical (unpaired) electrons. The number of likely N-dealkylation sites (tertiary alicyclic amines) is 1. The normalized spacial score (nSPS) is 23.4. The Labute approximate surface area is 147 Å². The number of halogens is 1. The molecule has 3 rings (SSSR count). The van der Waals surface area contributed by atoms with E-state index in [0.717, 1.165) is 15.2 Å². The summed E-state index contributed by atoms with van der Waals surface area (Å²) < 4.78 is 1.06. The number of rotatable bonds is 3. The molecule has 4 nitrogen and oxygen atoms in total. The number of carbonyl (C=O) groups is 1. The van der Waals surface area contributed by atoms with E-state index in [0.29, 0.717) is 13.0 Å². The monoisotopic (exact) mass is 430 g/mol. The Kier molecular flexibility index (Phi) is 4.70. The molecule has 0 saturated carbocycles. The van der Waals surface area contributed by atoms with Crippen LogP contribution in [0.5, 0.6) is 0 Å². The van der Waals surface area contributed by atoms with Gasteiger partial charge in [-0.05, 0) is 18.1 Å². The smallest absolute Gasteiger partial charge is 0.236 e. The van der Waals surface area contributed by atoms with Gasteiger partial charge in [0.2, 0.25) is 5.91 Å². The summed E-state index contributed by atoms with van der Waals surface area (Å²) >= 11 is 3.83. The Bertz CT molecular complexity index is 655. The van der Waals surface area contributed by atoms with Gasteiger partial charge in [-0.3, -0.25) is 4.79 Å². The summed E-state index contributed by atoms with van der Waals surface area (Å²) in [7, 11) is 0. The van der Waals surface area contributed by atoms with E-state index < -0.39 is 6.10 Å². The van der Waals surface area contributed by atoms with Crippen LogP contribution in [0.4, 0.5) is 0 Å². The Hall–Kier alpha value is -0.730. The molecule has 0 spiro atoms. The summed E-state index contributed by atoms with van der Waals surface area (Å²) in [6, 6.07) is 7.90. The standard InChI is InChI=1S/C16H19IN2O2S/c1-9(2)14(17)16(21)19-8-10(20)7-12(19)15-18-11-5-3-4-6-13(11)22-15/h3-6,9-10,12,14,20H,7-8H2,1-2H3. The zero-order valence-corrected chi connectivity index (χ0v) is 15.5. The second-order valence-electron chi connectivity index (χ2n) is 6.06. The highest BCUT2D eigenvalue weighted by Crippen LogP contribution is 2.37. The van der Waals surface area contributed by atoms with Crippen molar-refractivity contribution in [1.82, 2.24) is 9.88 Å². The van der Waals surface area contributed by atoms with Gasteiger partial charge in [0.15, 0.2) is 0 Å². The fourth-order valence-electron chi connectivity index (χ4n) is 2.77. The van der Waals surface area contributed by atoms with Crippen LogP contribution >= 0.6 is 33.9 Å². The molecular weight excluding hydrogens is 411 g/mol. The molecule has 22 heavy (non-hydrogen) atoms. The van der Waals surface area contributed by atoms with Crippen LogP contribution in [-0.2, 0) is 4.79 Å². The molecule has 0 bridgehead atoms. The third-order valence-corrected chi connectivity index (χ3v) is 7.09. The maximum atomic E-state index is 12.7. The average molecular weight is 430 g/mol. The lowest BCUT2D eigenvalue weighted by Gasteiger charge is -2.26. The summed E-state index contributed by atoms with van der Waals surface area (Å²) in [4.78, 5) is 19.2. The number of aromatic nitrogens is 1. The number of benzene rings is 1. The molecule has 1 aliphatic heterocycles. The summed E-state index contributed by atoms with van der Waals surface area (Å²) in [6.07, 6.45) is 0.115. The molecule has 1 aromatic carbocycles. The predicted octanol–water partition coefficient (Wildman–Crippen LogP) is 3.39. The van der Waals surface area contributed by atoms with Gasteiger partial charge in [0.1, 0.15) is 5.01 Å². The highest BCUT2D eigenvalue weighted by atomic mass is 127. The van der Waals surface area contributed by atoms with Crippen LogP contribution in [0.15, 0.2) is 24.3 Å². The van der Waals surface area contributed by atoms with E-state index in [1.54, 1.807) is 11.3 Å². The quantitative estimate of drug-likeness (QED) is 0.600. The SMILES string of the molecule is CC(C)C(I)C(=O)N1CC(O)CC1c1nc2ccccc2s1. The van der Waals surface area contributed by atoms with Crippen LogP contribution in [0, 0.1) is 5.92 Å². The van der Waals surface area contributed by atoms with Crippen molar-refractivity contribution in [2.75, 3.05) is 6.54 Å². The van der Waals surface area contributed by atoms with Crippen molar-refractivity contribution < 1.29 is 9.90 Å². The number of β-amino-alcohol motifs (C(OH)–C–C–N with tert-alkyl or cyclic N) is 1. The van der Waals surface area contributed by atoms with Gasteiger partial charge in [0.05, 0.1) is 26.3 Å². The van der Waals surface area contributed by atoms with Crippen molar-refractivity contribution in [3.63, 3.8) is 0 Å². The number of alkyl halides is 1. The molecule has 3 unspecified atom stereocenters. The van der Waals surface area contributed by atoms with Gasteiger partial charge >= 0.3 is 0 Å². The van der Waals surface area contributed by atoms with Crippen LogP contribution in [0.3, 0.4) is 0 Å². The number of amides is 1. The Morgan fingerprint density at radius 3 is 2.86 bits per heavy atom. The van der Waals surface area contributed by atoms with Crippen molar-refractivity contribution in [3.8, 4) is 0 Å². The zero-order chi connectivity index (χ0) is 15.9. The Balaban J connectivity index is 1.91. The van der Waals surface area contributed by atoms with Gasteiger partial charge in [-0.15, -0.1) is 11.3 Å². The maximum Gasteiger partial charge on any atom is 0.236 e. The van der Waals surface area contributed by atoms with Crippen LogP contribution in [0.2, 0.25) is 0 Å². The molecule has 1 aliphatic rings. The molecule has 2 heterocycles. The molecule has 1 fully saturated rings. The van der Waals surface area contributed by atoms with Crippen molar-refractivity contribution in [3.05, 3.63) is 29.3 Å². The topological polar surface area (TPSA) is 53.4 Å². The number of aliphatic hydroxyl groups is 1. The summed E-state index contributed by atoms with van der Waals surface area (Å²) in [5, 5.41) is 11.0. The third-order valence-electron chi connectivity index (χ3n) is 3.98. The Morgan fingerprint density at radius 2 is 2.18 bits per heavy atom. The first-order chi connectivity index (χ1) is 10.5. The van der Waals surface area contributed by atoms with Gasteiger partial charge < -0.3 is 10.0 Å². The van der Waals surface area contributed by atoms with Crippen molar-refractivity contribution in [1.29, 1.82) is 0 Å². The third kappa shape index (κ3) is 3.00. The number of hydrogen-bond acceptors (Lipinski definition) is 4. The van der Waals surface area contributed by atoms with E-state index >= 15 is 0 Å². The Morgan fingerprint density at radius 1 is 1.45 bits per heavy atom. The van der Waals surface area contributed by atoms with Crippen LogP contribution in [-0.4, -0.2) is 37.5 Å². The van der Waals surface area contributed by atoms with Gasteiger partial charge in [0.25, 0.3) is 0 Å². The summed E-state index contributed by atoms with van der Waals surface area (Å²) in [5.41, 5.74) is 0.964. The fraction of sp³-hybridized carbons (Fsp3) is 0.500. The lowest BCUT2D eigenvalue weighted by molar-refractivity contribution is -0.132. The first-order valence-corrected chi connectivity index (χ1v) is 9.51. The zero-order valence-electron chi connectivity index (χ0n) is 12.6. The van der Waals surface area contributed by atoms with Gasteiger partial charge in [-0.2, -0.15) is 0 Å². The first-order valence-electron chi connectivity index (χ1n) is 7.45. The van der Waals surface area contributed by atoms with Gasteiger partial charge in [-0.1, -0.05) is 48.6 Å². The summed E-state index contributed by atoms with van der Waals surface area (Å²) in [6.45, 7) is 4.51. The van der Waals surface area contributed by atoms with E-state index in [4.69, 9.17) is 0 Å². The molecular formula is C16H19IN2O2S. The van der Waals surface area contributed by atoms with Crippen molar-refractivity contribution in [2.45, 2.75) is 36.3 Å². The lowest BCUT2D eigenvalue weighted by atomic mass is 10.1. The van der Waals surface area contributed by atoms with Crippen LogP contribution < -0.4 is 0 Å².